The molecule has 0 aromatic heterocycles. The molecule has 2 rings (SSSR count). The molecule has 1 saturated carbocycles. The largest absolute Gasteiger partial charge is 0.507 e. The summed E-state index contributed by atoms with van der Waals surface area (Å²) >= 11 is 0. The predicted octanol–water partition coefficient (Wildman–Crippen LogP) is 5.36. The number of hydrogen-bond acceptors (Lipinski definition) is 6. The molecule has 0 radical (unpaired) electrons. The van der Waals surface area contributed by atoms with E-state index in [9.17, 15) is 32.7 Å². The van der Waals surface area contributed by atoms with Crippen LogP contribution < -0.4 is 10.1 Å². The summed E-state index contributed by atoms with van der Waals surface area (Å²) in [5.41, 5.74) is -1.65. The highest BCUT2D eigenvalue weighted by Crippen LogP contribution is 2.44. The Morgan fingerprint density at radius 3 is 2.33 bits per heavy atom. The molecule has 1 aromatic rings. The topological polar surface area (TPSA) is 95.9 Å². The molecular formula is C29H41F3N2O5. The highest BCUT2D eigenvalue weighted by molar-refractivity contribution is 5.93. The van der Waals surface area contributed by atoms with E-state index in [0.717, 1.165) is 19.3 Å². The van der Waals surface area contributed by atoms with Crippen molar-refractivity contribution in [3.63, 3.8) is 0 Å². The van der Waals surface area contributed by atoms with Crippen LogP contribution in [0, 0.1) is 5.92 Å². The minimum atomic E-state index is -4.82. The van der Waals surface area contributed by atoms with Crippen LogP contribution in [0.3, 0.4) is 0 Å². The van der Waals surface area contributed by atoms with Crippen LogP contribution in [-0.2, 0) is 27.2 Å². The molecule has 0 saturated heterocycles. The highest BCUT2D eigenvalue weighted by atomic mass is 19.4. The van der Waals surface area contributed by atoms with Gasteiger partial charge in [-0.2, -0.15) is 13.2 Å². The zero-order chi connectivity index (χ0) is 29.2. The number of nitrogens with zero attached hydrogens (tertiary/aromatic N) is 1. The number of carbonyl (C=O) groups excluding carboxylic acids is 3. The fraction of sp³-hybridized carbons (Fsp3) is 0.621. The van der Waals surface area contributed by atoms with Gasteiger partial charge in [0.25, 0.3) is 0 Å². The first-order valence-electron chi connectivity index (χ1n) is 13.7. The Hall–Kier alpha value is -2.88. The molecule has 0 heterocycles. The first kappa shape index (κ1) is 32.3. The zero-order valence-electron chi connectivity index (χ0n) is 23.3. The lowest BCUT2D eigenvalue weighted by atomic mass is 9.71. The van der Waals surface area contributed by atoms with Crippen molar-refractivity contribution in [1.29, 1.82) is 0 Å². The number of rotatable bonds is 16. The van der Waals surface area contributed by atoms with Crippen molar-refractivity contribution >= 4 is 24.2 Å². The number of phenols is 1. The number of unbranched alkanes of at least 4 members (excludes halogenated alkanes) is 1. The number of aryl methyl sites for hydroxylation is 1. The average molecular weight is 555 g/mol. The van der Waals surface area contributed by atoms with Crippen LogP contribution in [0.4, 0.5) is 13.2 Å². The molecule has 218 valence electrons. The number of benzene rings is 1. The second-order valence-electron chi connectivity index (χ2n) is 10.2. The van der Waals surface area contributed by atoms with Crippen LogP contribution in [0.5, 0.6) is 11.5 Å². The fourth-order valence-corrected chi connectivity index (χ4v) is 5.03. The molecule has 1 aromatic carbocycles. The summed E-state index contributed by atoms with van der Waals surface area (Å²) in [4.78, 5) is 36.9. The van der Waals surface area contributed by atoms with E-state index in [1.807, 2.05) is 20.8 Å². The quantitative estimate of drug-likeness (QED) is 0.162. The third kappa shape index (κ3) is 7.62. The molecule has 39 heavy (non-hydrogen) atoms. The van der Waals surface area contributed by atoms with Gasteiger partial charge in [-0.1, -0.05) is 33.1 Å². The van der Waals surface area contributed by atoms with Crippen LogP contribution >= 0.6 is 0 Å². The van der Waals surface area contributed by atoms with Crippen LogP contribution in [0.2, 0.25) is 0 Å². The summed E-state index contributed by atoms with van der Waals surface area (Å²) in [6, 6.07) is 1.25. The molecule has 0 aliphatic heterocycles. The molecule has 7 nitrogen and oxygen atoms in total. The number of ether oxygens (including phenoxy) is 1. The maximum absolute atomic E-state index is 13.7. The van der Waals surface area contributed by atoms with Crippen molar-refractivity contribution in [2.45, 2.75) is 90.3 Å². The summed E-state index contributed by atoms with van der Waals surface area (Å²) in [6.07, 6.45) is 2.00. The molecule has 2 N–H and O–H groups in total. The van der Waals surface area contributed by atoms with Crippen LogP contribution in [0.15, 0.2) is 12.1 Å². The summed E-state index contributed by atoms with van der Waals surface area (Å²) in [7, 11) is 1.72. The Morgan fingerprint density at radius 2 is 1.85 bits per heavy atom. The van der Waals surface area contributed by atoms with Crippen LogP contribution in [-0.4, -0.2) is 60.5 Å². The number of nitrogens with one attached hydrogen (secondary N) is 1. The number of allylic oxidation sites excluding steroid dienone is 2. The van der Waals surface area contributed by atoms with Crippen molar-refractivity contribution in [2.75, 3.05) is 20.2 Å². The Bertz CT molecular complexity index is 1040. The smallest absolute Gasteiger partial charge is 0.417 e. The lowest BCUT2D eigenvalue weighted by Crippen LogP contribution is -2.60. The third-order valence-electron chi connectivity index (χ3n) is 7.59. The Morgan fingerprint density at radius 1 is 1.18 bits per heavy atom. The number of aldehydes is 1. The van der Waals surface area contributed by atoms with Crippen molar-refractivity contribution < 1.29 is 37.4 Å². The minimum Gasteiger partial charge on any atom is -0.507 e. The molecule has 10 heteroatoms. The summed E-state index contributed by atoms with van der Waals surface area (Å²) in [6.45, 7) is 5.96. The maximum Gasteiger partial charge on any atom is 0.417 e. The molecular weight excluding hydrogens is 513 g/mol. The summed E-state index contributed by atoms with van der Waals surface area (Å²) in [5.74, 6) is -0.268. The molecule has 2 amide bonds. The van der Waals surface area contributed by atoms with Crippen molar-refractivity contribution in [3.8, 4) is 11.5 Å². The van der Waals surface area contributed by atoms with E-state index >= 15 is 0 Å². The SMILES string of the molecule is CCCc1cc(/C(=C\C=O)C(F)(F)F)c(O)c(CCC)c1OCCCCN(C=O)C(=O)C(C)(NC)C1CCC1. The van der Waals surface area contributed by atoms with Gasteiger partial charge in [0.05, 0.1) is 17.7 Å². The van der Waals surface area contributed by atoms with Gasteiger partial charge in [-0.05, 0) is 76.1 Å². The lowest BCUT2D eigenvalue weighted by molar-refractivity contribution is -0.146. The molecule has 0 spiro atoms. The van der Waals surface area contributed by atoms with Crippen molar-refractivity contribution in [1.82, 2.24) is 10.2 Å². The number of carbonyl (C=O) groups is 3. The van der Waals surface area contributed by atoms with Gasteiger partial charge in [0.1, 0.15) is 17.8 Å². The standard InChI is InChI=1S/C29H41F3N2O5/c1-5-10-20-18-23(24(14-16-35)29(30,31)32)25(37)22(11-6-2)26(20)39-17-8-7-15-34(19-36)27(38)28(3,33-4)21-12-9-13-21/h14,16,18-19,21,33,37H,5-13,15,17H2,1-4H3/b24-14+. The molecule has 0 bridgehead atoms. The fourth-order valence-electron chi connectivity index (χ4n) is 5.03. The first-order chi connectivity index (χ1) is 18.5. The second kappa shape index (κ2) is 14.5. The number of alkyl halides is 3. The average Bonchev–Trinajstić information content (AvgIpc) is 2.86. The first-order valence-corrected chi connectivity index (χ1v) is 13.7. The highest BCUT2D eigenvalue weighted by Gasteiger charge is 2.44. The maximum atomic E-state index is 13.7. The molecule has 1 aliphatic rings. The number of hydrogen-bond donors (Lipinski definition) is 2. The monoisotopic (exact) mass is 554 g/mol. The van der Waals surface area contributed by atoms with Gasteiger partial charge in [0, 0.05) is 17.7 Å². The van der Waals surface area contributed by atoms with E-state index in [2.05, 4.69) is 5.32 Å². The van der Waals surface area contributed by atoms with Gasteiger partial charge in [0.15, 0.2) is 0 Å². The van der Waals surface area contributed by atoms with E-state index in [4.69, 9.17) is 4.74 Å². The normalized spacial score (nSPS) is 15.8. The van der Waals surface area contributed by atoms with Crippen LogP contribution in [0.25, 0.3) is 5.57 Å². The van der Waals surface area contributed by atoms with E-state index in [-0.39, 0.29) is 43.2 Å². The van der Waals surface area contributed by atoms with Gasteiger partial charge < -0.3 is 15.2 Å². The summed E-state index contributed by atoms with van der Waals surface area (Å²) < 4.78 is 47.1. The van der Waals surface area contributed by atoms with E-state index < -0.39 is 28.6 Å². The molecule has 1 atom stereocenters. The van der Waals surface area contributed by atoms with Gasteiger partial charge in [-0.15, -0.1) is 0 Å². The number of likely N-dealkylation sites (N-methyl/N-ethyl adjacent to an activating group) is 1. The lowest BCUT2D eigenvalue weighted by Gasteiger charge is -2.43. The molecule has 1 aliphatic carbocycles. The van der Waals surface area contributed by atoms with Gasteiger partial charge in [-0.3, -0.25) is 19.3 Å². The number of aromatic hydroxyl groups is 1. The Balaban J connectivity index is 2.20. The number of imide groups is 1. The van der Waals surface area contributed by atoms with E-state index in [1.54, 1.807) is 7.05 Å². The zero-order valence-corrected chi connectivity index (χ0v) is 23.3. The van der Waals surface area contributed by atoms with E-state index in [1.165, 1.54) is 11.0 Å². The number of halogens is 3. The number of amides is 2. The van der Waals surface area contributed by atoms with Crippen molar-refractivity contribution in [3.05, 3.63) is 28.8 Å². The summed E-state index contributed by atoms with van der Waals surface area (Å²) in [5, 5.41) is 14.0. The van der Waals surface area contributed by atoms with Crippen molar-refractivity contribution in [2.24, 2.45) is 5.92 Å². The number of phenolic OH excluding ortho intramolecular Hbond substituents is 1. The van der Waals surface area contributed by atoms with Crippen LogP contribution in [0.1, 0.15) is 82.4 Å². The second-order valence-corrected chi connectivity index (χ2v) is 10.2. The minimum absolute atomic E-state index is 0.0599. The van der Waals surface area contributed by atoms with Gasteiger partial charge in [0.2, 0.25) is 12.3 Å². The van der Waals surface area contributed by atoms with E-state index in [0.29, 0.717) is 55.9 Å². The molecule has 1 unspecified atom stereocenters. The Labute approximate surface area is 228 Å². The predicted molar refractivity (Wildman–Crippen MR) is 144 cm³/mol. The van der Waals surface area contributed by atoms with Gasteiger partial charge in [-0.25, -0.2) is 0 Å². The van der Waals surface area contributed by atoms with Gasteiger partial charge >= 0.3 is 6.18 Å². The third-order valence-corrected chi connectivity index (χ3v) is 7.59. The Kier molecular flexibility index (Phi) is 12.0. The molecule has 1 fully saturated rings.